The lowest BCUT2D eigenvalue weighted by Crippen LogP contribution is -2.46. The molecule has 2 aliphatic heterocycles. The minimum atomic E-state index is -0.614. The molecule has 0 aromatic heterocycles. The summed E-state index contributed by atoms with van der Waals surface area (Å²) in [7, 11) is 3.24. The number of carbonyl (C=O) groups is 3. The van der Waals surface area contributed by atoms with E-state index in [1.165, 1.54) is 7.11 Å². The van der Waals surface area contributed by atoms with Crippen molar-refractivity contribution in [2.75, 3.05) is 14.2 Å². The highest BCUT2D eigenvalue weighted by molar-refractivity contribution is 5.93. The van der Waals surface area contributed by atoms with Crippen molar-refractivity contribution in [3.63, 3.8) is 0 Å². The molecule has 4 atom stereocenters. The molecule has 26 heavy (non-hydrogen) atoms. The van der Waals surface area contributed by atoms with Crippen molar-refractivity contribution >= 4 is 17.9 Å². The number of piperidine rings is 1. The summed E-state index contributed by atoms with van der Waals surface area (Å²) in [5.74, 6) is -1.41. The third-order valence-corrected chi connectivity index (χ3v) is 5.22. The van der Waals surface area contributed by atoms with E-state index in [4.69, 9.17) is 9.47 Å². The number of methoxy groups -OCH3 is 1. The molecule has 7 nitrogen and oxygen atoms in total. The van der Waals surface area contributed by atoms with Gasteiger partial charge in [-0.2, -0.15) is 0 Å². The van der Waals surface area contributed by atoms with Crippen LogP contribution < -0.4 is 0 Å². The minimum Gasteiger partial charge on any atom is -0.466 e. The van der Waals surface area contributed by atoms with Crippen molar-refractivity contribution in [3.05, 3.63) is 23.8 Å². The van der Waals surface area contributed by atoms with Crippen LogP contribution in [-0.4, -0.2) is 61.3 Å². The van der Waals surface area contributed by atoms with Crippen LogP contribution >= 0.6 is 0 Å². The van der Waals surface area contributed by atoms with Gasteiger partial charge in [0, 0.05) is 36.5 Å². The maximum absolute atomic E-state index is 12.1. The summed E-state index contributed by atoms with van der Waals surface area (Å²) in [5, 5.41) is 0. The Morgan fingerprint density at radius 3 is 2.46 bits per heavy atom. The number of nitrogens with zero attached hydrogens (tertiary/aromatic N) is 1. The molecule has 0 spiro atoms. The van der Waals surface area contributed by atoms with Gasteiger partial charge in [0.05, 0.1) is 19.6 Å². The molecule has 4 unspecified atom stereocenters. The van der Waals surface area contributed by atoms with E-state index >= 15 is 0 Å². The molecule has 0 aromatic carbocycles. The highest BCUT2D eigenvalue weighted by Gasteiger charge is 2.47. The van der Waals surface area contributed by atoms with Crippen molar-refractivity contribution < 1.29 is 28.6 Å². The highest BCUT2D eigenvalue weighted by Crippen LogP contribution is 2.37. The van der Waals surface area contributed by atoms with Crippen molar-refractivity contribution in [2.45, 2.75) is 63.8 Å². The van der Waals surface area contributed by atoms with Gasteiger partial charge in [0.25, 0.3) is 0 Å². The highest BCUT2D eigenvalue weighted by atomic mass is 16.6. The van der Waals surface area contributed by atoms with Crippen LogP contribution in [0.2, 0.25) is 0 Å². The molecule has 0 radical (unpaired) electrons. The zero-order valence-electron chi connectivity index (χ0n) is 15.8. The summed E-state index contributed by atoms with van der Waals surface area (Å²) in [4.78, 5) is 37.6. The molecule has 0 aromatic rings. The Morgan fingerprint density at radius 1 is 1.15 bits per heavy atom. The molecule has 2 rings (SSSR count). The normalized spacial score (nSPS) is 28.4. The Morgan fingerprint density at radius 2 is 1.85 bits per heavy atom. The lowest BCUT2D eigenvalue weighted by Gasteiger charge is -2.36. The molecule has 2 fully saturated rings. The van der Waals surface area contributed by atoms with E-state index < -0.39 is 11.9 Å². The molecule has 7 heteroatoms. The Bertz CT molecular complexity index is 626. The summed E-state index contributed by atoms with van der Waals surface area (Å²) >= 11 is 0. The number of allylic oxidation sites excluding steroid dienone is 1. The number of likely N-dealkylation sites (N-methyl/N-ethyl adjacent to an activating group) is 1. The van der Waals surface area contributed by atoms with Crippen molar-refractivity contribution in [1.29, 1.82) is 0 Å². The van der Waals surface area contributed by atoms with Gasteiger partial charge in [-0.15, -0.1) is 0 Å². The van der Waals surface area contributed by atoms with Gasteiger partial charge >= 0.3 is 17.9 Å². The van der Waals surface area contributed by atoms with E-state index in [1.807, 2.05) is 7.05 Å². The molecular formula is C19H27NO6. The lowest BCUT2D eigenvalue weighted by atomic mass is 10.00. The second kappa shape index (κ2) is 8.49. The lowest BCUT2D eigenvalue weighted by molar-refractivity contribution is -0.155. The first-order valence-corrected chi connectivity index (χ1v) is 8.78. The van der Waals surface area contributed by atoms with Crippen LogP contribution in [0.1, 0.15) is 39.5 Å². The molecule has 2 aliphatic rings. The molecule has 2 saturated heterocycles. The molecule has 0 N–H and O–H groups in total. The molecule has 0 amide bonds. The van der Waals surface area contributed by atoms with Gasteiger partial charge in [-0.3, -0.25) is 9.69 Å². The topological polar surface area (TPSA) is 82.1 Å². The third-order valence-electron chi connectivity index (χ3n) is 5.22. The minimum absolute atomic E-state index is 0.0176. The zero-order valence-corrected chi connectivity index (χ0v) is 15.8. The molecule has 0 saturated carbocycles. The third kappa shape index (κ3) is 4.52. The monoisotopic (exact) mass is 365 g/mol. The summed E-state index contributed by atoms with van der Waals surface area (Å²) in [5.41, 5.74) is 0.653. The SMILES string of the molecule is C=C(CC(=O)OC1CC2CC(OC(=O)C(C)=CC)C(C1)N2C)C(=O)OC. The van der Waals surface area contributed by atoms with E-state index in [-0.39, 0.29) is 42.3 Å². The van der Waals surface area contributed by atoms with Crippen LogP contribution in [0, 0.1) is 0 Å². The maximum atomic E-state index is 12.1. The number of ether oxygens (including phenoxy) is 3. The fourth-order valence-corrected chi connectivity index (χ4v) is 3.56. The maximum Gasteiger partial charge on any atom is 0.333 e. The van der Waals surface area contributed by atoms with Gasteiger partial charge in [0.1, 0.15) is 12.2 Å². The average Bonchev–Trinajstić information content (AvgIpc) is 2.78. The first-order chi connectivity index (χ1) is 12.3. The molecular weight excluding hydrogens is 338 g/mol. The molecule has 2 bridgehead atoms. The average molecular weight is 365 g/mol. The summed E-state index contributed by atoms with van der Waals surface area (Å²) in [6.45, 7) is 7.06. The van der Waals surface area contributed by atoms with Gasteiger partial charge in [-0.05, 0) is 20.9 Å². The van der Waals surface area contributed by atoms with Crippen LogP contribution in [0.25, 0.3) is 0 Å². The number of hydrogen-bond donors (Lipinski definition) is 0. The summed E-state index contributed by atoms with van der Waals surface area (Å²) in [6, 6.07) is 0.211. The van der Waals surface area contributed by atoms with Crippen LogP contribution in [0.5, 0.6) is 0 Å². The van der Waals surface area contributed by atoms with Crippen LogP contribution in [-0.2, 0) is 28.6 Å². The largest absolute Gasteiger partial charge is 0.466 e. The summed E-state index contributed by atoms with van der Waals surface area (Å²) < 4.78 is 15.7. The first-order valence-electron chi connectivity index (χ1n) is 8.78. The quantitative estimate of drug-likeness (QED) is 0.403. The van der Waals surface area contributed by atoms with Gasteiger partial charge in [0.2, 0.25) is 0 Å². The van der Waals surface area contributed by atoms with Gasteiger partial charge < -0.3 is 14.2 Å². The zero-order chi connectivity index (χ0) is 19.4. The van der Waals surface area contributed by atoms with Crippen molar-refractivity contribution in [1.82, 2.24) is 4.90 Å². The smallest absolute Gasteiger partial charge is 0.333 e. The van der Waals surface area contributed by atoms with E-state index in [9.17, 15) is 14.4 Å². The van der Waals surface area contributed by atoms with Crippen LogP contribution in [0.4, 0.5) is 0 Å². The fraction of sp³-hybridized carbons (Fsp3) is 0.632. The molecule has 144 valence electrons. The van der Waals surface area contributed by atoms with Crippen LogP contribution in [0.15, 0.2) is 23.8 Å². The van der Waals surface area contributed by atoms with Gasteiger partial charge in [-0.1, -0.05) is 12.7 Å². The molecule has 0 aliphatic carbocycles. The second-order valence-corrected chi connectivity index (χ2v) is 6.89. The van der Waals surface area contributed by atoms with E-state index in [0.717, 1.165) is 6.42 Å². The van der Waals surface area contributed by atoms with Gasteiger partial charge in [-0.25, -0.2) is 9.59 Å². The van der Waals surface area contributed by atoms with E-state index in [2.05, 4.69) is 16.2 Å². The van der Waals surface area contributed by atoms with E-state index in [0.29, 0.717) is 18.4 Å². The van der Waals surface area contributed by atoms with E-state index in [1.54, 1.807) is 19.9 Å². The number of carbonyl (C=O) groups excluding carboxylic acids is 3. The second-order valence-electron chi connectivity index (χ2n) is 6.89. The van der Waals surface area contributed by atoms with Crippen molar-refractivity contribution in [3.8, 4) is 0 Å². The van der Waals surface area contributed by atoms with Gasteiger partial charge in [0.15, 0.2) is 0 Å². The number of hydrogen-bond acceptors (Lipinski definition) is 7. The van der Waals surface area contributed by atoms with Crippen molar-refractivity contribution in [2.24, 2.45) is 0 Å². The Kier molecular flexibility index (Phi) is 6.58. The first kappa shape index (κ1) is 20.2. The summed E-state index contributed by atoms with van der Waals surface area (Å²) in [6.07, 6.45) is 3.08. The van der Waals surface area contributed by atoms with Crippen LogP contribution in [0.3, 0.4) is 0 Å². The number of esters is 3. The Labute approximate surface area is 154 Å². The number of rotatable bonds is 6. The molecule has 2 heterocycles. The standard InChI is InChI=1S/C19H27NO6/c1-6-11(2)19(23)26-16-9-13-8-14(10-15(16)20(13)4)25-17(21)7-12(3)18(22)24-5/h6,13-16H,3,7-10H2,1-2,4-5H3. The predicted molar refractivity (Wildman–Crippen MR) is 94.2 cm³/mol. The Balaban J connectivity index is 1.92. The predicted octanol–water partition coefficient (Wildman–Crippen LogP) is 1.76. The Hall–Kier alpha value is -2.15. The fourth-order valence-electron chi connectivity index (χ4n) is 3.56. The number of fused-ring (bicyclic) bond motifs is 2.